The summed E-state index contributed by atoms with van der Waals surface area (Å²) >= 11 is 0. The maximum absolute atomic E-state index is 13.6. The van der Waals surface area contributed by atoms with Crippen molar-refractivity contribution >= 4 is 51.9 Å². The van der Waals surface area contributed by atoms with Crippen molar-refractivity contribution in [1.82, 2.24) is 98.8 Å². The Labute approximate surface area is 494 Å². The van der Waals surface area contributed by atoms with Crippen LogP contribution in [0.1, 0.15) is 151 Å². The first kappa shape index (κ1) is 58.4. The Bertz CT molecular complexity index is 3350. The van der Waals surface area contributed by atoms with Crippen LogP contribution >= 0.6 is 0 Å². The molecule has 31 heteroatoms. The van der Waals surface area contributed by atoms with Crippen molar-refractivity contribution in [2.75, 3.05) is 34.4 Å². The quantitative estimate of drug-likeness (QED) is 0.0463. The molecule has 4 fully saturated rings. The summed E-state index contributed by atoms with van der Waals surface area (Å²) in [6.07, 6.45) is 16.9. The van der Waals surface area contributed by atoms with Crippen molar-refractivity contribution in [1.29, 1.82) is 0 Å². The molecule has 0 unspecified atom stereocenters. The number of hydrogen-bond acceptors (Lipinski definition) is 23. The number of urea groups is 1. The molecule has 4 aliphatic carbocycles. The van der Waals surface area contributed by atoms with Crippen molar-refractivity contribution in [2.45, 2.75) is 203 Å². The molecular weight excluding hydrogens is 1110 g/mol. The molecule has 4 aliphatic rings. The minimum atomic E-state index is -1.19. The number of hydrogen-bond donors (Lipinski definition) is 12. The van der Waals surface area contributed by atoms with E-state index in [2.05, 4.69) is 99.1 Å². The third-order valence-corrected chi connectivity index (χ3v) is 17.5. The van der Waals surface area contributed by atoms with Gasteiger partial charge in [-0.15, -0.1) is 0 Å². The van der Waals surface area contributed by atoms with E-state index in [1.165, 1.54) is 22.0 Å². The summed E-state index contributed by atoms with van der Waals surface area (Å²) in [7, 11) is 0. The van der Waals surface area contributed by atoms with E-state index in [-0.39, 0.29) is 68.3 Å². The zero-order valence-corrected chi connectivity index (χ0v) is 48.7. The molecule has 460 valence electrons. The van der Waals surface area contributed by atoms with Crippen LogP contribution in [0, 0.1) is 0 Å². The molecule has 0 saturated heterocycles. The number of fused-ring (bicyclic) bond motifs is 2. The molecule has 8 aromatic heterocycles. The minimum absolute atomic E-state index is 0.0170. The summed E-state index contributed by atoms with van der Waals surface area (Å²) in [5.41, 5.74) is 4.57. The van der Waals surface area contributed by atoms with E-state index in [1.54, 1.807) is 21.8 Å². The Morgan fingerprint density at radius 1 is 0.523 bits per heavy atom. The minimum Gasteiger partial charge on any atom is -0.390 e. The third-order valence-electron chi connectivity index (χ3n) is 17.5. The highest BCUT2D eigenvalue weighted by Crippen LogP contribution is 2.42. The SMILES string of the molecule is CC(C)n1cnc(CCNc2nc(N[C@H]3CC[C@H](NC(=O)N[C@H]4CC[C@H](Nc5nc(NCCc6cn(C(C)C)cn6)nc6c5ncn6[C@@H]5C[C@H](n6ncc(CO)n6)[C@@H](O)[C@H]5O)CC4)CC3)c3ncn([C@@H]4C[C@H](n5ncc(CO)n5)[C@@H](O)[C@H]4O)c3n2)c1. The van der Waals surface area contributed by atoms with E-state index in [9.17, 15) is 35.4 Å². The molecule has 0 radical (unpaired) electrons. The van der Waals surface area contributed by atoms with Crippen LogP contribution in [-0.4, -0.2) is 186 Å². The fourth-order valence-corrected chi connectivity index (χ4v) is 12.5. The number of nitrogens with one attached hydrogen (secondary N) is 6. The van der Waals surface area contributed by atoms with Gasteiger partial charge in [0.1, 0.15) is 47.9 Å². The Balaban J connectivity index is 0.666. The molecule has 8 heterocycles. The summed E-state index contributed by atoms with van der Waals surface area (Å²) < 4.78 is 7.68. The number of carbonyl (C=O) groups excluding carboxylic acids is 1. The molecule has 31 nitrogen and oxygen atoms in total. The van der Waals surface area contributed by atoms with Gasteiger partial charge in [0.2, 0.25) is 11.9 Å². The lowest BCUT2D eigenvalue weighted by atomic mass is 9.90. The van der Waals surface area contributed by atoms with Crippen LogP contribution in [-0.2, 0) is 26.1 Å². The summed E-state index contributed by atoms with van der Waals surface area (Å²) in [6.45, 7) is 8.83. The van der Waals surface area contributed by atoms with Crippen molar-refractivity contribution in [3.05, 3.63) is 72.9 Å². The number of carbonyl (C=O) groups is 1. The highest BCUT2D eigenvalue weighted by atomic mass is 16.3. The van der Waals surface area contributed by atoms with Gasteiger partial charge in [-0.3, -0.25) is 0 Å². The van der Waals surface area contributed by atoms with Crippen LogP contribution in [0.3, 0.4) is 0 Å². The second kappa shape index (κ2) is 25.2. The van der Waals surface area contributed by atoms with Crippen LogP contribution in [0.2, 0.25) is 0 Å². The summed E-state index contributed by atoms with van der Waals surface area (Å²) in [5, 5.41) is 102. The molecule has 8 aromatic rings. The van der Waals surface area contributed by atoms with Crippen molar-refractivity contribution in [2.24, 2.45) is 0 Å². The second-order valence-corrected chi connectivity index (χ2v) is 23.9. The molecule has 0 aliphatic heterocycles. The molecule has 86 heavy (non-hydrogen) atoms. The molecule has 0 aromatic carbocycles. The molecule has 12 rings (SSSR count). The number of aliphatic hydroxyl groups is 6. The van der Waals surface area contributed by atoms with Gasteiger partial charge in [-0.05, 0) is 91.9 Å². The van der Waals surface area contributed by atoms with Gasteiger partial charge >= 0.3 is 6.03 Å². The molecule has 12 N–H and O–H groups in total. The summed E-state index contributed by atoms with van der Waals surface area (Å²) in [5.74, 6) is 1.80. The van der Waals surface area contributed by atoms with E-state index in [4.69, 9.17) is 29.9 Å². The summed E-state index contributed by atoms with van der Waals surface area (Å²) in [4.78, 5) is 54.6. The van der Waals surface area contributed by atoms with E-state index >= 15 is 0 Å². The number of nitrogens with zero attached hydrogens (tertiary/aromatic N) is 18. The Morgan fingerprint density at radius 3 is 1.29 bits per heavy atom. The van der Waals surface area contributed by atoms with Gasteiger partial charge in [-0.25, -0.2) is 24.7 Å². The van der Waals surface area contributed by atoms with Crippen LogP contribution in [0.15, 0.2) is 50.1 Å². The highest BCUT2D eigenvalue weighted by Gasteiger charge is 2.47. The Hall–Kier alpha value is -7.97. The predicted molar refractivity (Wildman–Crippen MR) is 313 cm³/mol. The van der Waals surface area contributed by atoms with E-state index < -0.39 is 48.6 Å². The third kappa shape index (κ3) is 12.4. The van der Waals surface area contributed by atoms with Gasteiger partial charge in [0.15, 0.2) is 34.0 Å². The lowest BCUT2D eigenvalue weighted by Crippen LogP contribution is -2.49. The molecule has 8 atom stereocenters. The average Bonchev–Trinajstić information content (AvgIpc) is 2.02. The van der Waals surface area contributed by atoms with Gasteiger partial charge in [-0.2, -0.15) is 49.9 Å². The maximum Gasteiger partial charge on any atom is 0.315 e. The van der Waals surface area contributed by atoms with Crippen molar-refractivity contribution < 1.29 is 35.4 Å². The van der Waals surface area contributed by atoms with Gasteiger partial charge in [0, 0.05) is 74.6 Å². The lowest BCUT2D eigenvalue weighted by molar-refractivity contribution is 0.00491. The zero-order valence-electron chi connectivity index (χ0n) is 48.7. The van der Waals surface area contributed by atoms with Crippen LogP contribution < -0.4 is 31.9 Å². The second-order valence-electron chi connectivity index (χ2n) is 23.9. The topological polar surface area (TPSA) is 395 Å². The van der Waals surface area contributed by atoms with Gasteiger partial charge in [0.05, 0.1) is 74.4 Å². The fraction of sp³-hybridized carbons (Fsp3) is 0.618. The number of aliphatic hydroxyl groups excluding tert-OH is 6. The first-order valence-electron chi connectivity index (χ1n) is 30.0. The first-order chi connectivity index (χ1) is 41.7. The average molecular weight is 1190 g/mol. The van der Waals surface area contributed by atoms with Crippen molar-refractivity contribution in [3.63, 3.8) is 0 Å². The number of rotatable bonds is 22. The molecule has 2 amide bonds. The van der Waals surface area contributed by atoms with Crippen molar-refractivity contribution in [3.8, 4) is 0 Å². The standard InChI is InChI=1S/C55H78N24O7/c1-29(2)74-21-35(58-25-74)13-15-56-53-68-49(43-51(70-53)76(27-60-43)39-17-41(47(84)45(39)82)78-62-19-37(23-80)72-78)64-31-5-9-33(10-6-31)66-55(86)67-34-11-7-32(8-12-34)65-50-44-52(71-54(69-50)57-16-14-36-22-75(26-59-36)30(3)4)77(28-61-44)40-18-42(48(85)46(40)83)79-63-20-38(24-81)73-79/h19-22,25-34,39-42,45-48,80-85H,5-18,23-24H2,1-4H3,(H2,66,67,86)(H2,56,64,68,70)(H2,57,65,69,71)/t31-,32-,33-,34-,39-,40-,41+,42+,45+,46+,47-,48-/m1/s1. The van der Waals surface area contributed by atoms with Crippen LogP contribution in [0.5, 0.6) is 0 Å². The van der Waals surface area contributed by atoms with Gasteiger partial charge in [0.25, 0.3) is 0 Å². The Kier molecular flexibility index (Phi) is 17.1. The smallest absolute Gasteiger partial charge is 0.315 e. The van der Waals surface area contributed by atoms with Gasteiger partial charge < -0.3 is 80.8 Å². The number of anilines is 4. The lowest BCUT2D eigenvalue weighted by Gasteiger charge is -2.32. The monoisotopic (exact) mass is 1190 g/mol. The van der Waals surface area contributed by atoms with E-state index in [1.807, 2.05) is 25.0 Å². The largest absolute Gasteiger partial charge is 0.390 e. The molecular formula is C55H78N24O7. The summed E-state index contributed by atoms with van der Waals surface area (Å²) in [6, 6.07) is -2.18. The predicted octanol–water partition coefficient (Wildman–Crippen LogP) is 2.26. The zero-order chi connectivity index (χ0) is 59.8. The van der Waals surface area contributed by atoms with E-state index in [0.29, 0.717) is 83.2 Å². The highest BCUT2D eigenvalue weighted by molar-refractivity contribution is 5.85. The fourth-order valence-electron chi connectivity index (χ4n) is 12.5. The molecule has 4 saturated carbocycles. The van der Waals surface area contributed by atoms with E-state index in [0.717, 1.165) is 62.8 Å². The normalized spacial score (nSPS) is 26.1. The van der Waals surface area contributed by atoms with Crippen LogP contribution in [0.25, 0.3) is 22.3 Å². The van der Waals surface area contributed by atoms with Crippen LogP contribution in [0.4, 0.5) is 28.3 Å². The molecule has 0 bridgehead atoms. The number of amides is 2. The molecule has 0 spiro atoms. The number of imidazole rings is 4. The number of aromatic nitrogens is 18. The first-order valence-corrected chi connectivity index (χ1v) is 30.0. The Morgan fingerprint density at radius 2 is 0.919 bits per heavy atom. The van der Waals surface area contributed by atoms with Gasteiger partial charge in [-0.1, -0.05) is 0 Å². The maximum atomic E-state index is 13.6.